The summed E-state index contributed by atoms with van der Waals surface area (Å²) < 4.78 is 0. The topological polar surface area (TPSA) is 38.7 Å². The number of hydrogen-bond acceptors (Lipinski definition) is 6. The maximum atomic E-state index is 5.13. The van der Waals surface area contributed by atoms with E-state index in [2.05, 4.69) is 141 Å². The van der Waals surface area contributed by atoms with Gasteiger partial charge in [-0.3, -0.25) is 9.80 Å². The molecule has 0 saturated heterocycles. The van der Waals surface area contributed by atoms with E-state index >= 15 is 0 Å². The summed E-state index contributed by atoms with van der Waals surface area (Å²) in [6.45, 7) is 4.98. The van der Waals surface area contributed by atoms with E-state index in [1.807, 2.05) is 12.4 Å². The lowest BCUT2D eigenvalue weighted by atomic mass is 9.76. The number of hydrogen-bond donors (Lipinski definition) is 0. The summed E-state index contributed by atoms with van der Waals surface area (Å²) in [4.78, 5) is 20.3. The SMILES string of the molecule is C=C1c2ccccc2N2c3ccccc3N(c3ccccc3)C2C2N3c4ccc(cc4)CC1C1Cc4ccc(c1c4)N2c1nccnc13. The summed E-state index contributed by atoms with van der Waals surface area (Å²) in [7, 11) is 0. The quantitative estimate of drug-likeness (QED) is 0.183. The second kappa shape index (κ2) is 9.58. The van der Waals surface area contributed by atoms with Gasteiger partial charge in [0.05, 0.1) is 17.1 Å². The molecule has 0 amide bonds. The minimum atomic E-state index is -0.249. The highest BCUT2D eigenvalue weighted by atomic mass is 15.6. The Kier molecular flexibility index (Phi) is 5.23. The smallest absolute Gasteiger partial charge is 0.178 e. The molecule has 1 aromatic heterocycles. The van der Waals surface area contributed by atoms with E-state index in [9.17, 15) is 0 Å². The highest BCUT2D eigenvalue weighted by Crippen LogP contribution is 2.59. The molecule has 6 heterocycles. The van der Waals surface area contributed by atoms with E-state index in [1.165, 1.54) is 50.6 Å². The molecule has 6 heteroatoms. The highest BCUT2D eigenvalue weighted by Gasteiger charge is 2.54. The Balaban J connectivity index is 1.32. The standard InChI is InChI=1S/C42H32N6/c1-26-31-11-5-6-12-35(31)47-38-14-8-7-13-37(38)45(29-9-3-2-4-10-29)41(47)42-46-30-18-15-27(16-19-30)23-32(26)33-24-28-17-20-36(34(33)25-28)48(42)40-39(46)43-21-22-44-40/h2-22,25,32-33,41-42H,1,23-24H2. The second-order valence-electron chi connectivity index (χ2n) is 13.6. The first-order chi connectivity index (χ1) is 23.7. The van der Waals surface area contributed by atoms with Crippen LogP contribution in [0.1, 0.15) is 28.2 Å². The summed E-state index contributed by atoms with van der Waals surface area (Å²) in [5.74, 6) is 2.24. The summed E-state index contributed by atoms with van der Waals surface area (Å²) >= 11 is 0. The number of para-hydroxylation sites is 4. The van der Waals surface area contributed by atoms with Crippen molar-refractivity contribution in [3.63, 3.8) is 0 Å². The van der Waals surface area contributed by atoms with E-state index in [-0.39, 0.29) is 24.2 Å². The molecule has 48 heavy (non-hydrogen) atoms. The average Bonchev–Trinajstić information content (AvgIpc) is 3.78. The van der Waals surface area contributed by atoms with Gasteiger partial charge in [0.2, 0.25) is 0 Å². The Bertz CT molecular complexity index is 2280. The highest BCUT2D eigenvalue weighted by molar-refractivity contribution is 5.95. The summed E-state index contributed by atoms with van der Waals surface area (Å²) in [5.41, 5.74) is 13.5. The summed E-state index contributed by atoms with van der Waals surface area (Å²) in [6.07, 6.45) is 5.12. The van der Waals surface area contributed by atoms with Crippen molar-refractivity contribution in [1.82, 2.24) is 9.97 Å². The molecule has 4 atom stereocenters. The minimum absolute atomic E-state index is 0.202. The van der Waals surface area contributed by atoms with Crippen LogP contribution in [-0.4, -0.2) is 22.3 Å². The van der Waals surface area contributed by atoms with Gasteiger partial charge in [-0.2, -0.15) is 0 Å². The van der Waals surface area contributed by atoms with Crippen LogP contribution in [0.15, 0.2) is 140 Å². The van der Waals surface area contributed by atoms with E-state index < -0.39 is 0 Å². The van der Waals surface area contributed by atoms with Gasteiger partial charge in [-0.15, -0.1) is 0 Å². The van der Waals surface area contributed by atoms with Crippen molar-refractivity contribution >= 4 is 51.3 Å². The monoisotopic (exact) mass is 620 g/mol. The fourth-order valence-electron chi connectivity index (χ4n) is 9.20. The van der Waals surface area contributed by atoms with Crippen LogP contribution in [0, 0.1) is 5.92 Å². The Morgan fingerprint density at radius 3 is 1.90 bits per heavy atom. The van der Waals surface area contributed by atoms with Gasteiger partial charge in [0, 0.05) is 35.0 Å². The zero-order valence-electron chi connectivity index (χ0n) is 26.3. The Morgan fingerprint density at radius 1 is 0.500 bits per heavy atom. The number of allylic oxidation sites excluding steroid dienone is 1. The fraction of sp³-hybridized carbons (Fsp3) is 0.143. The third-order valence-electron chi connectivity index (χ3n) is 11.2. The lowest BCUT2D eigenvalue weighted by Crippen LogP contribution is -2.58. The first kappa shape index (κ1) is 26.2. The van der Waals surface area contributed by atoms with Crippen molar-refractivity contribution in [2.45, 2.75) is 31.1 Å². The van der Waals surface area contributed by atoms with Crippen molar-refractivity contribution < 1.29 is 0 Å². The molecule has 0 spiro atoms. The number of fused-ring (bicyclic) bond motifs is 9. The van der Waals surface area contributed by atoms with E-state index in [0.717, 1.165) is 35.9 Å². The molecular weight excluding hydrogens is 589 g/mol. The molecule has 0 fully saturated rings. The number of benzene rings is 5. The van der Waals surface area contributed by atoms with Gasteiger partial charge >= 0.3 is 0 Å². The Labute approximate surface area is 279 Å². The lowest BCUT2D eigenvalue weighted by molar-refractivity contribution is 0.525. The molecule has 6 aliphatic rings. The van der Waals surface area contributed by atoms with Gasteiger partial charge in [-0.25, -0.2) is 9.97 Å². The molecule has 0 N–H and O–H groups in total. The third-order valence-corrected chi connectivity index (χ3v) is 11.2. The van der Waals surface area contributed by atoms with Gasteiger partial charge in [0.15, 0.2) is 24.0 Å². The van der Waals surface area contributed by atoms with Crippen molar-refractivity contribution in [3.8, 4) is 0 Å². The zero-order chi connectivity index (χ0) is 31.5. The molecule has 1 aliphatic carbocycles. The predicted octanol–water partition coefficient (Wildman–Crippen LogP) is 9.25. The Hall–Kier alpha value is -5.88. The molecule has 5 aliphatic heterocycles. The Morgan fingerprint density at radius 2 is 1.10 bits per heavy atom. The van der Waals surface area contributed by atoms with Gasteiger partial charge < -0.3 is 9.80 Å². The van der Waals surface area contributed by atoms with E-state index in [1.54, 1.807) is 0 Å². The van der Waals surface area contributed by atoms with Crippen molar-refractivity contribution in [2.24, 2.45) is 5.92 Å². The van der Waals surface area contributed by atoms with Crippen LogP contribution in [-0.2, 0) is 12.8 Å². The van der Waals surface area contributed by atoms with Crippen molar-refractivity contribution in [2.75, 3.05) is 19.6 Å². The molecule has 8 bridgehead atoms. The largest absolute Gasteiger partial charge is 0.314 e. The van der Waals surface area contributed by atoms with Gasteiger partial charge in [0.25, 0.3) is 0 Å². The van der Waals surface area contributed by atoms with Gasteiger partial charge in [0.1, 0.15) is 0 Å². The summed E-state index contributed by atoms with van der Waals surface area (Å²) in [6, 6.07) is 45.0. The molecule has 4 unspecified atom stereocenters. The van der Waals surface area contributed by atoms with Crippen LogP contribution in [0.2, 0.25) is 0 Å². The lowest BCUT2D eigenvalue weighted by Gasteiger charge is -2.44. The molecule has 0 saturated carbocycles. The van der Waals surface area contributed by atoms with Crippen LogP contribution in [0.4, 0.5) is 45.8 Å². The van der Waals surface area contributed by atoms with Gasteiger partial charge in [-0.05, 0) is 95.5 Å². The van der Waals surface area contributed by atoms with Gasteiger partial charge in [-0.1, -0.05) is 79.4 Å². The first-order valence-corrected chi connectivity index (χ1v) is 16.9. The molecular formula is C42H32N6. The predicted molar refractivity (Wildman–Crippen MR) is 193 cm³/mol. The van der Waals surface area contributed by atoms with Crippen LogP contribution >= 0.6 is 0 Å². The zero-order valence-corrected chi connectivity index (χ0v) is 26.3. The fourth-order valence-corrected chi connectivity index (χ4v) is 9.20. The minimum Gasteiger partial charge on any atom is -0.314 e. The first-order valence-electron chi connectivity index (χ1n) is 16.9. The molecule has 6 aromatic rings. The number of aromatic nitrogens is 2. The van der Waals surface area contributed by atoms with E-state index in [0.29, 0.717) is 0 Å². The normalized spacial score (nSPS) is 22.3. The van der Waals surface area contributed by atoms with Crippen molar-refractivity contribution in [3.05, 3.63) is 163 Å². The van der Waals surface area contributed by atoms with Crippen molar-refractivity contribution in [1.29, 1.82) is 0 Å². The third kappa shape index (κ3) is 3.41. The average molecular weight is 621 g/mol. The number of anilines is 8. The summed E-state index contributed by atoms with van der Waals surface area (Å²) in [5, 5.41) is 0. The second-order valence-corrected chi connectivity index (χ2v) is 13.6. The van der Waals surface area contributed by atoms with Crippen LogP contribution < -0.4 is 19.6 Å². The maximum absolute atomic E-state index is 5.13. The molecule has 12 rings (SSSR count). The molecule has 230 valence electrons. The van der Waals surface area contributed by atoms with Crippen LogP contribution in [0.5, 0.6) is 0 Å². The van der Waals surface area contributed by atoms with Crippen LogP contribution in [0.3, 0.4) is 0 Å². The van der Waals surface area contributed by atoms with E-state index in [4.69, 9.17) is 16.5 Å². The molecule has 0 radical (unpaired) electrons. The maximum Gasteiger partial charge on any atom is 0.178 e. The molecule has 5 aromatic carbocycles. The number of nitrogens with zero attached hydrogens (tertiary/aromatic N) is 6. The molecule has 6 nitrogen and oxygen atoms in total. The van der Waals surface area contributed by atoms with Crippen LogP contribution in [0.25, 0.3) is 5.57 Å². The number of rotatable bonds is 1.